The number of piperidine rings is 1. The molecule has 28 heavy (non-hydrogen) atoms. The number of benzene rings is 2. The molecule has 1 aliphatic heterocycles. The molecule has 2 heterocycles. The largest absolute Gasteiger partial charge is 0.465 e. The Morgan fingerprint density at radius 3 is 2.82 bits per heavy atom. The number of para-hydroxylation sites is 2. The van der Waals surface area contributed by atoms with Gasteiger partial charge in [-0.05, 0) is 43.5 Å². The summed E-state index contributed by atoms with van der Waals surface area (Å²) < 4.78 is 24.7. The van der Waals surface area contributed by atoms with Gasteiger partial charge in [0.1, 0.15) is 11.6 Å². The number of anilines is 1. The topological polar surface area (TPSA) is 50.4 Å². The average molecular weight is 383 g/mol. The van der Waals surface area contributed by atoms with E-state index in [0.29, 0.717) is 18.0 Å². The van der Waals surface area contributed by atoms with E-state index in [-0.39, 0.29) is 12.6 Å². The van der Waals surface area contributed by atoms with Crippen LogP contribution in [0.3, 0.4) is 0 Å². The maximum atomic E-state index is 13.4. The quantitative estimate of drug-likeness (QED) is 0.468. The van der Waals surface area contributed by atoms with Crippen molar-refractivity contribution < 1.29 is 13.9 Å². The number of ether oxygens (including phenoxy) is 2. The summed E-state index contributed by atoms with van der Waals surface area (Å²) in [6, 6.07) is 12.9. The van der Waals surface area contributed by atoms with Crippen molar-refractivity contribution in [3.05, 3.63) is 54.0 Å². The lowest BCUT2D eigenvalue weighted by Crippen LogP contribution is -2.33. The van der Waals surface area contributed by atoms with E-state index in [0.717, 1.165) is 54.9 Å². The van der Waals surface area contributed by atoms with Crippen LogP contribution in [0.2, 0.25) is 0 Å². The summed E-state index contributed by atoms with van der Waals surface area (Å²) in [5.74, 6) is 1.01. The van der Waals surface area contributed by atoms with Crippen LogP contribution in [0.25, 0.3) is 10.9 Å². The van der Waals surface area contributed by atoms with Gasteiger partial charge >= 0.3 is 0 Å². The van der Waals surface area contributed by atoms with Crippen molar-refractivity contribution in [2.75, 3.05) is 31.4 Å². The lowest BCUT2D eigenvalue weighted by Gasteiger charge is -2.34. The Bertz CT molecular complexity index is 919. The van der Waals surface area contributed by atoms with E-state index in [1.807, 2.05) is 24.3 Å². The highest BCUT2D eigenvalue weighted by atomic mass is 19.1. The van der Waals surface area contributed by atoms with Crippen LogP contribution in [0.1, 0.15) is 37.8 Å². The number of hydrogen-bond acceptors (Lipinski definition) is 4. The molecule has 1 aliphatic rings. The molecule has 0 aliphatic carbocycles. The van der Waals surface area contributed by atoms with Gasteiger partial charge in [-0.3, -0.25) is 5.10 Å². The third kappa shape index (κ3) is 3.97. The molecule has 0 radical (unpaired) electrons. The van der Waals surface area contributed by atoms with Crippen LogP contribution in [0.15, 0.2) is 42.5 Å². The molecule has 148 valence electrons. The van der Waals surface area contributed by atoms with Crippen LogP contribution in [0.4, 0.5) is 10.1 Å². The van der Waals surface area contributed by atoms with E-state index in [1.165, 1.54) is 12.1 Å². The minimum absolute atomic E-state index is 0.250. The molecule has 0 saturated carbocycles. The second-order valence-electron chi connectivity index (χ2n) is 7.20. The number of nitrogens with one attached hydrogen (secondary N) is 1. The molecule has 1 aromatic heterocycles. The number of nitrogens with zero attached hydrogens (tertiary/aromatic N) is 2. The van der Waals surface area contributed by atoms with E-state index in [9.17, 15) is 4.39 Å². The van der Waals surface area contributed by atoms with Gasteiger partial charge in [0.05, 0.1) is 17.8 Å². The first kappa shape index (κ1) is 18.7. The molecule has 4 rings (SSSR count). The van der Waals surface area contributed by atoms with Gasteiger partial charge in [0, 0.05) is 36.2 Å². The molecule has 1 fully saturated rings. The SMILES string of the molecule is CCCOCOc1ccccc1N1CCC(c2[nH]nc3cc(F)ccc23)CC1. The standard InChI is InChI=1S/C22H26FN3O2/c1-2-13-27-15-28-21-6-4-3-5-20(21)26-11-9-16(10-12-26)22-18-8-7-17(23)14-19(18)24-25-22/h3-8,14,16H,2,9-13,15H2,1H3,(H,24,25). The summed E-state index contributed by atoms with van der Waals surface area (Å²) in [6.45, 7) is 4.93. The fourth-order valence-corrected chi connectivity index (χ4v) is 3.87. The lowest BCUT2D eigenvalue weighted by atomic mass is 9.91. The monoisotopic (exact) mass is 383 g/mol. The molecule has 5 nitrogen and oxygen atoms in total. The minimum Gasteiger partial charge on any atom is -0.465 e. The Balaban J connectivity index is 1.43. The Morgan fingerprint density at radius 1 is 1.18 bits per heavy atom. The molecule has 6 heteroatoms. The van der Waals surface area contributed by atoms with Crippen molar-refractivity contribution in [3.63, 3.8) is 0 Å². The van der Waals surface area contributed by atoms with Crippen molar-refractivity contribution in [2.45, 2.75) is 32.1 Å². The van der Waals surface area contributed by atoms with Crippen molar-refractivity contribution >= 4 is 16.6 Å². The van der Waals surface area contributed by atoms with E-state index in [4.69, 9.17) is 9.47 Å². The number of rotatable bonds is 7. The predicted molar refractivity (Wildman–Crippen MR) is 108 cm³/mol. The molecule has 1 saturated heterocycles. The molecule has 0 unspecified atom stereocenters. The molecule has 0 amide bonds. The molecular weight excluding hydrogens is 357 g/mol. The number of fused-ring (bicyclic) bond motifs is 1. The molecular formula is C22H26FN3O2. The molecule has 0 bridgehead atoms. The van der Waals surface area contributed by atoms with Gasteiger partial charge in [-0.2, -0.15) is 5.10 Å². The van der Waals surface area contributed by atoms with Crippen LogP contribution >= 0.6 is 0 Å². The minimum atomic E-state index is -0.250. The molecule has 2 aromatic carbocycles. The lowest BCUT2D eigenvalue weighted by molar-refractivity contribution is 0.0159. The Hall–Kier alpha value is -2.60. The number of hydrogen-bond donors (Lipinski definition) is 1. The number of aromatic nitrogens is 2. The van der Waals surface area contributed by atoms with E-state index in [2.05, 4.69) is 28.1 Å². The van der Waals surface area contributed by atoms with Gasteiger partial charge in [0.2, 0.25) is 0 Å². The smallest absolute Gasteiger partial charge is 0.189 e. The summed E-state index contributed by atoms with van der Waals surface area (Å²) in [5.41, 5.74) is 2.92. The van der Waals surface area contributed by atoms with E-state index >= 15 is 0 Å². The molecule has 3 aromatic rings. The van der Waals surface area contributed by atoms with Gasteiger partial charge in [0.25, 0.3) is 0 Å². The fraction of sp³-hybridized carbons (Fsp3) is 0.409. The second-order valence-corrected chi connectivity index (χ2v) is 7.20. The molecule has 0 atom stereocenters. The predicted octanol–water partition coefficient (Wildman–Crippen LogP) is 4.85. The van der Waals surface area contributed by atoms with Crippen molar-refractivity contribution in [1.29, 1.82) is 0 Å². The molecule has 0 spiro atoms. The van der Waals surface area contributed by atoms with Gasteiger partial charge in [-0.25, -0.2) is 4.39 Å². The number of aromatic amines is 1. The molecule has 1 N–H and O–H groups in total. The maximum Gasteiger partial charge on any atom is 0.189 e. The van der Waals surface area contributed by atoms with E-state index < -0.39 is 0 Å². The number of H-pyrrole nitrogens is 1. The van der Waals surface area contributed by atoms with Crippen molar-refractivity contribution in [2.24, 2.45) is 0 Å². The summed E-state index contributed by atoms with van der Waals surface area (Å²) in [7, 11) is 0. The first-order chi connectivity index (χ1) is 13.8. The third-order valence-electron chi connectivity index (χ3n) is 5.30. The summed E-state index contributed by atoms with van der Waals surface area (Å²) in [6.07, 6.45) is 3.00. The highest BCUT2D eigenvalue weighted by molar-refractivity contribution is 5.81. The average Bonchev–Trinajstić information content (AvgIpc) is 3.15. The third-order valence-corrected chi connectivity index (χ3v) is 5.30. The van der Waals surface area contributed by atoms with Crippen LogP contribution < -0.4 is 9.64 Å². The van der Waals surface area contributed by atoms with Crippen LogP contribution in [0.5, 0.6) is 5.75 Å². The number of halogens is 1. The fourth-order valence-electron chi connectivity index (χ4n) is 3.87. The zero-order valence-corrected chi connectivity index (χ0v) is 16.2. The zero-order chi connectivity index (χ0) is 19.3. The zero-order valence-electron chi connectivity index (χ0n) is 16.2. The van der Waals surface area contributed by atoms with Crippen molar-refractivity contribution in [3.8, 4) is 5.75 Å². The van der Waals surface area contributed by atoms with Crippen molar-refractivity contribution in [1.82, 2.24) is 10.2 Å². The Labute approximate surface area is 164 Å². The van der Waals surface area contributed by atoms with Crippen LogP contribution in [-0.4, -0.2) is 36.7 Å². The first-order valence-corrected chi connectivity index (χ1v) is 9.94. The van der Waals surface area contributed by atoms with Gasteiger partial charge in [-0.1, -0.05) is 19.1 Å². The first-order valence-electron chi connectivity index (χ1n) is 9.94. The Kier molecular flexibility index (Phi) is 5.76. The van der Waals surface area contributed by atoms with E-state index in [1.54, 1.807) is 0 Å². The summed E-state index contributed by atoms with van der Waals surface area (Å²) in [5, 5.41) is 8.45. The Morgan fingerprint density at radius 2 is 2.00 bits per heavy atom. The maximum absolute atomic E-state index is 13.4. The van der Waals surface area contributed by atoms with Gasteiger partial charge < -0.3 is 14.4 Å². The normalized spacial score (nSPS) is 15.3. The van der Waals surface area contributed by atoms with Gasteiger partial charge in [-0.15, -0.1) is 0 Å². The van der Waals surface area contributed by atoms with Gasteiger partial charge in [0.15, 0.2) is 6.79 Å². The summed E-state index contributed by atoms with van der Waals surface area (Å²) >= 11 is 0. The highest BCUT2D eigenvalue weighted by Gasteiger charge is 2.25. The van der Waals surface area contributed by atoms with Crippen LogP contribution in [0, 0.1) is 5.82 Å². The second kappa shape index (κ2) is 8.61. The highest BCUT2D eigenvalue weighted by Crippen LogP contribution is 2.36. The summed E-state index contributed by atoms with van der Waals surface area (Å²) in [4.78, 5) is 2.36. The van der Waals surface area contributed by atoms with Crippen LogP contribution in [-0.2, 0) is 4.74 Å².